The second-order valence-electron chi connectivity index (χ2n) is 5.75. The van der Waals surface area contributed by atoms with E-state index in [1.54, 1.807) is 17.7 Å². The third kappa shape index (κ3) is 3.17. The van der Waals surface area contributed by atoms with Crippen LogP contribution in [0.15, 0.2) is 48.7 Å². The first-order chi connectivity index (χ1) is 12.1. The van der Waals surface area contributed by atoms with Crippen LogP contribution in [-0.4, -0.2) is 22.5 Å². The molecule has 0 aliphatic carbocycles. The highest BCUT2D eigenvalue weighted by Crippen LogP contribution is 2.29. The Bertz CT molecular complexity index is 944. The van der Waals surface area contributed by atoms with E-state index in [-0.39, 0.29) is 0 Å². The number of pyridine rings is 1. The van der Waals surface area contributed by atoms with Crippen molar-refractivity contribution >= 4 is 28.1 Å². The SMILES string of the molecule is CCc1c(Cc2ccccc2)c2ccc(OC)cn2c1C(=O)C(=O)Cl. The van der Waals surface area contributed by atoms with Gasteiger partial charge in [0.05, 0.1) is 13.3 Å². The number of hydrogen-bond donors (Lipinski definition) is 0. The molecule has 0 saturated carbocycles. The Morgan fingerprint density at radius 2 is 1.80 bits per heavy atom. The van der Waals surface area contributed by atoms with Gasteiger partial charge in [0.1, 0.15) is 11.4 Å². The molecule has 3 aromatic rings. The van der Waals surface area contributed by atoms with Crippen LogP contribution >= 0.6 is 11.6 Å². The number of carbonyl (C=O) groups excluding carboxylic acids is 2. The number of aromatic nitrogens is 1. The van der Waals surface area contributed by atoms with Crippen molar-refractivity contribution in [1.82, 2.24) is 4.40 Å². The number of nitrogens with zero attached hydrogens (tertiary/aromatic N) is 1. The van der Waals surface area contributed by atoms with Gasteiger partial charge in [-0.25, -0.2) is 0 Å². The molecular formula is C20H18ClNO3. The molecule has 4 nitrogen and oxygen atoms in total. The molecule has 2 heterocycles. The molecule has 0 atom stereocenters. The standard InChI is InChI=1S/C20H18ClNO3/c1-3-15-16(11-13-7-5-4-6-8-13)17-10-9-14(25-2)12-22(17)18(15)19(23)20(21)24/h4-10,12H,3,11H2,1-2H3. The van der Waals surface area contributed by atoms with Crippen LogP contribution in [0.1, 0.15) is 34.1 Å². The first-order valence-electron chi connectivity index (χ1n) is 8.04. The molecule has 0 aliphatic rings. The summed E-state index contributed by atoms with van der Waals surface area (Å²) in [4.78, 5) is 24.0. The molecule has 3 rings (SSSR count). The molecule has 0 spiro atoms. The van der Waals surface area contributed by atoms with E-state index < -0.39 is 11.0 Å². The van der Waals surface area contributed by atoms with E-state index in [9.17, 15) is 9.59 Å². The van der Waals surface area contributed by atoms with Crippen molar-refractivity contribution in [1.29, 1.82) is 0 Å². The number of fused-ring (bicyclic) bond motifs is 1. The number of halogens is 1. The summed E-state index contributed by atoms with van der Waals surface area (Å²) in [6, 6.07) is 13.8. The summed E-state index contributed by atoms with van der Waals surface area (Å²) >= 11 is 5.50. The third-order valence-electron chi connectivity index (χ3n) is 4.33. The van der Waals surface area contributed by atoms with Crippen molar-refractivity contribution in [2.45, 2.75) is 19.8 Å². The largest absolute Gasteiger partial charge is 0.495 e. The van der Waals surface area contributed by atoms with Crippen LogP contribution in [0.2, 0.25) is 0 Å². The highest BCUT2D eigenvalue weighted by Gasteiger charge is 2.26. The summed E-state index contributed by atoms with van der Waals surface area (Å²) in [7, 11) is 1.56. The van der Waals surface area contributed by atoms with Crippen LogP contribution in [0.4, 0.5) is 0 Å². The zero-order valence-electron chi connectivity index (χ0n) is 14.1. The summed E-state index contributed by atoms with van der Waals surface area (Å²) in [6.45, 7) is 1.97. The lowest BCUT2D eigenvalue weighted by Crippen LogP contribution is -2.13. The van der Waals surface area contributed by atoms with Gasteiger partial charge in [0, 0.05) is 5.52 Å². The fraction of sp³-hybridized carbons (Fsp3) is 0.200. The van der Waals surface area contributed by atoms with Gasteiger partial charge in [0.15, 0.2) is 0 Å². The molecule has 0 radical (unpaired) electrons. The molecule has 25 heavy (non-hydrogen) atoms. The van der Waals surface area contributed by atoms with Crippen molar-refractivity contribution in [3.8, 4) is 5.75 Å². The van der Waals surface area contributed by atoms with E-state index in [4.69, 9.17) is 16.3 Å². The number of hydrogen-bond acceptors (Lipinski definition) is 3. The normalized spacial score (nSPS) is 10.8. The number of rotatable bonds is 6. The van der Waals surface area contributed by atoms with Gasteiger partial charge in [-0.2, -0.15) is 0 Å². The monoisotopic (exact) mass is 355 g/mol. The maximum atomic E-state index is 12.5. The Labute approximate surface area is 151 Å². The number of methoxy groups -OCH3 is 1. The van der Waals surface area contributed by atoms with Crippen LogP contribution < -0.4 is 4.74 Å². The topological polar surface area (TPSA) is 47.8 Å². The number of ketones is 1. The summed E-state index contributed by atoms with van der Waals surface area (Å²) in [5.74, 6) is -0.0893. The van der Waals surface area contributed by atoms with Gasteiger partial charge in [-0.3, -0.25) is 9.59 Å². The minimum absolute atomic E-state index is 0.322. The Morgan fingerprint density at radius 1 is 1.08 bits per heavy atom. The second-order valence-corrected chi connectivity index (χ2v) is 6.09. The van der Waals surface area contributed by atoms with E-state index in [2.05, 4.69) is 0 Å². The Morgan fingerprint density at radius 3 is 2.40 bits per heavy atom. The molecule has 1 aromatic carbocycles. The van der Waals surface area contributed by atoms with Crippen LogP contribution in [0, 0.1) is 0 Å². The molecule has 0 amide bonds. The number of carbonyl (C=O) groups is 2. The zero-order chi connectivity index (χ0) is 18.0. The first kappa shape index (κ1) is 17.2. The number of ether oxygens (including phenoxy) is 1. The minimum Gasteiger partial charge on any atom is -0.495 e. The van der Waals surface area contributed by atoms with Crippen LogP contribution in [0.3, 0.4) is 0 Å². The van der Waals surface area contributed by atoms with Gasteiger partial charge in [-0.15, -0.1) is 0 Å². The number of benzene rings is 1. The fourth-order valence-electron chi connectivity index (χ4n) is 3.19. The van der Waals surface area contributed by atoms with Gasteiger partial charge >= 0.3 is 0 Å². The highest BCUT2D eigenvalue weighted by atomic mass is 35.5. The maximum Gasteiger partial charge on any atom is 0.294 e. The predicted octanol–water partition coefficient (Wildman–Crippen LogP) is 4.05. The van der Waals surface area contributed by atoms with E-state index in [0.29, 0.717) is 24.3 Å². The average molecular weight is 356 g/mol. The third-order valence-corrected chi connectivity index (χ3v) is 4.50. The van der Waals surface area contributed by atoms with E-state index in [0.717, 1.165) is 22.2 Å². The number of Topliss-reactive ketones (excluding diaryl/α,β-unsaturated/α-hetero) is 1. The van der Waals surface area contributed by atoms with E-state index >= 15 is 0 Å². The van der Waals surface area contributed by atoms with Crippen LogP contribution in [-0.2, 0) is 17.6 Å². The summed E-state index contributed by atoms with van der Waals surface area (Å²) < 4.78 is 6.99. The molecule has 0 N–H and O–H groups in total. The van der Waals surface area contributed by atoms with Crippen LogP contribution in [0.5, 0.6) is 5.75 Å². The Balaban J connectivity index is 2.28. The van der Waals surface area contributed by atoms with Gasteiger partial charge in [0.25, 0.3) is 11.0 Å². The molecule has 128 valence electrons. The smallest absolute Gasteiger partial charge is 0.294 e. The quantitative estimate of drug-likeness (QED) is 0.381. The summed E-state index contributed by atoms with van der Waals surface area (Å²) in [5, 5.41) is -0.983. The van der Waals surface area contributed by atoms with Crippen LogP contribution in [0.25, 0.3) is 5.52 Å². The fourth-order valence-corrected chi connectivity index (χ4v) is 3.28. The second kappa shape index (κ2) is 7.11. The van der Waals surface area contributed by atoms with Gasteiger partial charge in [-0.05, 0) is 53.3 Å². The van der Waals surface area contributed by atoms with Crippen molar-refractivity contribution in [3.63, 3.8) is 0 Å². The van der Waals surface area contributed by atoms with Crippen molar-refractivity contribution in [2.24, 2.45) is 0 Å². The molecule has 0 fully saturated rings. The zero-order valence-corrected chi connectivity index (χ0v) is 14.8. The van der Waals surface area contributed by atoms with Gasteiger partial charge < -0.3 is 9.14 Å². The molecule has 0 unspecified atom stereocenters. The van der Waals surface area contributed by atoms with E-state index in [1.807, 2.05) is 49.4 Å². The Hall–Kier alpha value is -2.59. The minimum atomic E-state index is -0.983. The first-order valence-corrected chi connectivity index (χ1v) is 8.42. The lowest BCUT2D eigenvalue weighted by atomic mass is 9.98. The lowest BCUT2D eigenvalue weighted by molar-refractivity contribution is -0.108. The van der Waals surface area contributed by atoms with Crippen molar-refractivity contribution in [2.75, 3.05) is 7.11 Å². The molecule has 0 saturated heterocycles. The Kier molecular flexibility index (Phi) is 4.91. The molecule has 0 bridgehead atoms. The van der Waals surface area contributed by atoms with Gasteiger partial charge in [-0.1, -0.05) is 37.3 Å². The van der Waals surface area contributed by atoms with Crippen molar-refractivity contribution < 1.29 is 14.3 Å². The summed E-state index contributed by atoms with van der Waals surface area (Å²) in [5.41, 5.74) is 4.20. The molecular weight excluding hydrogens is 338 g/mol. The van der Waals surface area contributed by atoms with Crippen molar-refractivity contribution in [3.05, 3.63) is 71.0 Å². The maximum absolute atomic E-state index is 12.5. The van der Waals surface area contributed by atoms with E-state index in [1.165, 1.54) is 0 Å². The lowest BCUT2D eigenvalue weighted by Gasteiger charge is -2.05. The molecule has 0 aliphatic heterocycles. The molecule has 5 heteroatoms. The average Bonchev–Trinajstić information content (AvgIpc) is 2.94. The predicted molar refractivity (Wildman–Crippen MR) is 97.8 cm³/mol. The molecule has 2 aromatic heterocycles. The van der Waals surface area contributed by atoms with Gasteiger partial charge in [0.2, 0.25) is 0 Å². The summed E-state index contributed by atoms with van der Waals surface area (Å²) in [6.07, 6.45) is 3.01. The highest BCUT2D eigenvalue weighted by molar-refractivity contribution is 6.83.